The number of benzene rings is 1. The molecule has 1 aliphatic rings. The van der Waals surface area contributed by atoms with Crippen LogP contribution in [0, 0.1) is 11.6 Å². The molecule has 0 radical (unpaired) electrons. The smallest absolute Gasteiger partial charge is 0.191 e. The van der Waals surface area contributed by atoms with E-state index in [1.807, 2.05) is 29.9 Å². The molecular formula is C24H27F2N9O. The van der Waals surface area contributed by atoms with Crippen molar-refractivity contribution < 1.29 is 13.5 Å². The van der Waals surface area contributed by atoms with Crippen LogP contribution in [0.25, 0.3) is 28.2 Å². The second-order valence-electron chi connectivity index (χ2n) is 9.11. The molecule has 1 aliphatic carbocycles. The highest BCUT2D eigenvalue weighted by Crippen LogP contribution is 2.33. The number of aromatic nitrogens is 7. The highest BCUT2D eigenvalue weighted by Gasteiger charge is 2.23. The molecule has 1 aromatic carbocycles. The molecule has 3 heterocycles. The number of likely N-dealkylation sites (N-methyl/N-ethyl adjacent to an activating group) is 1. The monoisotopic (exact) mass is 495 g/mol. The molecule has 10 nitrogen and oxygen atoms in total. The lowest BCUT2D eigenvalue weighted by Crippen LogP contribution is -2.19. The zero-order valence-electron chi connectivity index (χ0n) is 20.1. The van der Waals surface area contributed by atoms with Gasteiger partial charge in [-0.15, -0.1) is 5.10 Å². The summed E-state index contributed by atoms with van der Waals surface area (Å²) in [5.41, 5.74) is 7.64. The van der Waals surface area contributed by atoms with E-state index in [0.717, 1.165) is 40.8 Å². The van der Waals surface area contributed by atoms with Crippen molar-refractivity contribution in [3.63, 3.8) is 0 Å². The Morgan fingerprint density at radius 1 is 1.08 bits per heavy atom. The van der Waals surface area contributed by atoms with Crippen LogP contribution >= 0.6 is 0 Å². The van der Waals surface area contributed by atoms with Gasteiger partial charge in [0.15, 0.2) is 17.5 Å². The van der Waals surface area contributed by atoms with Crippen molar-refractivity contribution in [3.05, 3.63) is 48.4 Å². The maximum Gasteiger partial charge on any atom is 0.191 e. The van der Waals surface area contributed by atoms with E-state index in [9.17, 15) is 0 Å². The van der Waals surface area contributed by atoms with Gasteiger partial charge in [0.1, 0.15) is 23.9 Å². The van der Waals surface area contributed by atoms with Gasteiger partial charge in [-0.2, -0.15) is 9.78 Å². The van der Waals surface area contributed by atoms with Gasteiger partial charge in [0.2, 0.25) is 0 Å². The maximum absolute atomic E-state index is 15.0. The Morgan fingerprint density at radius 2 is 1.83 bits per heavy atom. The predicted octanol–water partition coefficient (Wildman–Crippen LogP) is 3.50. The lowest BCUT2D eigenvalue weighted by molar-refractivity contribution is 0.259. The Hall–Kier alpha value is -3.93. The van der Waals surface area contributed by atoms with E-state index >= 15 is 8.78 Å². The molecular weight excluding hydrogens is 468 g/mol. The predicted molar refractivity (Wildman–Crippen MR) is 129 cm³/mol. The van der Waals surface area contributed by atoms with E-state index < -0.39 is 17.3 Å². The standard InChI is InChI=1S/C24H27F2N9O/c1-33(2)7-8-36-18-10-20(25)22(21(26)11-18)35-24(30-31-32-35)19-9-15(12-28-23(19)27)16-13-29-34(14-16)17-5-3-4-6-17/h9-14,17H,3-8H2,1-2H3,(H2,27,28). The van der Waals surface area contributed by atoms with E-state index in [1.165, 1.54) is 12.8 Å². The molecule has 3 aromatic heterocycles. The quantitative estimate of drug-likeness (QED) is 0.395. The van der Waals surface area contributed by atoms with E-state index in [-0.39, 0.29) is 24.0 Å². The van der Waals surface area contributed by atoms with E-state index in [4.69, 9.17) is 10.5 Å². The van der Waals surface area contributed by atoms with Crippen LogP contribution in [-0.2, 0) is 0 Å². The normalized spacial score (nSPS) is 14.1. The Balaban J connectivity index is 1.47. The Bertz CT molecular complexity index is 1340. The summed E-state index contributed by atoms with van der Waals surface area (Å²) in [5, 5.41) is 16.0. The van der Waals surface area contributed by atoms with Crippen molar-refractivity contribution in [1.29, 1.82) is 0 Å². The number of tetrazole rings is 1. The van der Waals surface area contributed by atoms with Crippen LogP contribution in [0.3, 0.4) is 0 Å². The second kappa shape index (κ2) is 9.97. The third-order valence-electron chi connectivity index (χ3n) is 6.27. The van der Waals surface area contributed by atoms with Crippen molar-refractivity contribution >= 4 is 5.82 Å². The van der Waals surface area contributed by atoms with Crippen molar-refractivity contribution in [2.45, 2.75) is 31.7 Å². The van der Waals surface area contributed by atoms with Crippen molar-refractivity contribution in [1.82, 2.24) is 39.9 Å². The van der Waals surface area contributed by atoms with Gasteiger partial charge in [-0.1, -0.05) is 12.8 Å². The molecule has 188 valence electrons. The first-order valence-corrected chi connectivity index (χ1v) is 11.8. The van der Waals surface area contributed by atoms with E-state index in [0.29, 0.717) is 18.2 Å². The summed E-state index contributed by atoms with van der Waals surface area (Å²) < 4.78 is 38.5. The minimum atomic E-state index is -0.871. The molecule has 12 heteroatoms. The maximum atomic E-state index is 15.0. The molecule has 0 unspecified atom stereocenters. The molecule has 1 fully saturated rings. The first-order valence-electron chi connectivity index (χ1n) is 11.8. The lowest BCUT2D eigenvalue weighted by Gasteiger charge is -2.13. The first-order chi connectivity index (χ1) is 17.4. The van der Waals surface area contributed by atoms with E-state index in [2.05, 4.69) is 25.6 Å². The molecule has 0 spiro atoms. The van der Waals surface area contributed by atoms with Crippen LogP contribution in [0.4, 0.5) is 14.6 Å². The molecule has 5 rings (SSSR count). The van der Waals surface area contributed by atoms with Gasteiger partial charge in [0.05, 0.1) is 17.8 Å². The van der Waals surface area contributed by atoms with Gasteiger partial charge < -0.3 is 15.4 Å². The molecule has 2 N–H and O–H groups in total. The van der Waals surface area contributed by atoms with Gasteiger partial charge >= 0.3 is 0 Å². The van der Waals surface area contributed by atoms with Crippen LogP contribution in [0.15, 0.2) is 36.8 Å². The van der Waals surface area contributed by atoms with Gasteiger partial charge in [0.25, 0.3) is 0 Å². The minimum absolute atomic E-state index is 0.0594. The van der Waals surface area contributed by atoms with Gasteiger partial charge in [-0.3, -0.25) is 4.68 Å². The average molecular weight is 496 g/mol. The van der Waals surface area contributed by atoms with Crippen molar-refractivity contribution in [2.24, 2.45) is 0 Å². The van der Waals surface area contributed by atoms with Crippen LogP contribution in [0.1, 0.15) is 31.7 Å². The minimum Gasteiger partial charge on any atom is -0.492 e. The number of nitrogen functional groups attached to an aromatic ring is 1. The lowest BCUT2D eigenvalue weighted by atomic mass is 10.1. The summed E-state index contributed by atoms with van der Waals surface area (Å²) >= 11 is 0. The highest BCUT2D eigenvalue weighted by atomic mass is 19.1. The number of hydrogen-bond acceptors (Lipinski definition) is 8. The Kier molecular flexibility index (Phi) is 6.59. The number of nitrogens with two attached hydrogens (primary N) is 1. The van der Waals surface area contributed by atoms with Crippen LogP contribution in [-0.4, -0.2) is 67.1 Å². The topological polar surface area (TPSA) is 113 Å². The Labute approximate surface area is 206 Å². The number of pyridine rings is 1. The summed E-state index contributed by atoms with van der Waals surface area (Å²) in [5.74, 6) is -1.48. The largest absolute Gasteiger partial charge is 0.492 e. The van der Waals surface area contributed by atoms with Gasteiger partial charge in [0, 0.05) is 42.2 Å². The number of rotatable bonds is 8. The van der Waals surface area contributed by atoms with Crippen LogP contribution in [0.2, 0.25) is 0 Å². The zero-order chi connectivity index (χ0) is 25.2. The molecule has 0 amide bonds. The number of anilines is 1. The van der Waals surface area contributed by atoms with Gasteiger partial charge in [-0.25, -0.2) is 13.8 Å². The number of nitrogens with zero attached hydrogens (tertiary/aromatic N) is 8. The third-order valence-corrected chi connectivity index (χ3v) is 6.27. The van der Waals surface area contributed by atoms with Crippen molar-refractivity contribution in [2.75, 3.05) is 33.0 Å². The highest BCUT2D eigenvalue weighted by molar-refractivity contribution is 5.76. The fourth-order valence-corrected chi connectivity index (χ4v) is 4.35. The molecule has 4 aromatic rings. The van der Waals surface area contributed by atoms with Gasteiger partial charge in [-0.05, 0) is 43.4 Å². The summed E-state index contributed by atoms with van der Waals surface area (Å²) in [6, 6.07) is 4.35. The molecule has 0 saturated heterocycles. The van der Waals surface area contributed by atoms with E-state index in [1.54, 1.807) is 18.5 Å². The zero-order valence-corrected chi connectivity index (χ0v) is 20.1. The second-order valence-corrected chi connectivity index (χ2v) is 9.11. The summed E-state index contributed by atoms with van der Waals surface area (Å²) in [6.45, 7) is 0.887. The number of halogens is 2. The SMILES string of the molecule is CN(C)CCOc1cc(F)c(-n2nnnc2-c2cc(-c3cnn(C4CCCC4)c3)cnc2N)c(F)c1. The number of hydrogen-bond donors (Lipinski definition) is 1. The van der Waals surface area contributed by atoms with Crippen molar-refractivity contribution in [3.8, 4) is 34.0 Å². The molecule has 0 atom stereocenters. The molecule has 1 saturated carbocycles. The average Bonchev–Trinajstić information content (AvgIpc) is 3.60. The summed E-state index contributed by atoms with van der Waals surface area (Å²) in [7, 11) is 3.76. The molecule has 0 bridgehead atoms. The fraction of sp³-hybridized carbons (Fsp3) is 0.375. The summed E-state index contributed by atoms with van der Waals surface area (Å²) in [6.07, 6.45) is 10.00. The fourth-order valence-electron chi connectivity index (χ4n) is 4.35. The molecule has 0 aliphatic heterocycles. The van der Waals surface area contributed by atoms with Crippen LogP contribution < -0.4 is 10.5 Å². The number of ether oxygens (including phenoxy) is 1. The molecule has 36 heavy (non-hydrogen) atoms. The first kappa shape index (κ1) is 23.8. The Morgan fingerprint density at radius 3 is 2.56 bits per heavy atom. The third kappa shape index (κ3) is 4.76. The van der Waals surface area contributed by atoms with Crippen LogP contribution in [0.5, 0.6) is 5.75 Å². The summed E-state index contributed by atoms with van der Waals surface area (Å²) in [4.78, 5) is 6.18.